The maximum absolute atomic E-state index is 12.4. The fourth-order valence-electron chi connectivity index (χ4n) is 2.83. The lowest BCUT2D eigenvalue weighted by Crippen LogP contribution is -2.23. The van der Waals surface area contributed by atoms with E-state index in [2.05, 4.69) is 5.32 Å². The Bertz CT molecular complexity index is 1250. The molecule has 1 amide bonds. The van der Waals surface area contributed by atoms with Crippen LogP contribution in [-0.4, -0.2) is 19.0 Å². The standard InChI is InChI=1S/C25H18Cl2N2O4/c1-32-23-12-17(11-19(14-28)24(30)29-15-16-5-3-2-4-6-16)7-10-22(23)33-25(31)18-8-9-20(26)21(27)13-18/h2-13H,15H2,1H3,(H,29,30). The van der Waals surface area contributed by atoms with Crippen LogP contribution >= 0.6 is 23.2 Å². The van der Waals surface area contributed by atoms with E-state index in [1.165, 1.54) is 37.5 Å². The molecule has 6 nitrogen and oxygen atoms in total. The molecule has 0 saturated heterocycles. The minimum absolute atomic E-state index is 0.0754. The second kappa shape index (κ2) is 11.2. The molecule has 0 aromatic heterocycles. The summed E-state index contributed by atoms with van der Waals surface area (Å²) in [6, 6.07) is 20.3. The fourth-order valence-corrected chi connectivity index (χ4v) is 3.13. The summed E-state index contributed by atoms with van der Waals surface area (Å²) in [6.45, 7) is 0.297. The number of amides is 1. The molecule has 1 N–H and O–H groups in total. The highest BCUT2D eigenvalue weighted by Crippen LogP contribution is 2.30. The number of methoxy groups -OCH3 is 1. The average Bonchev–Trinajstić information content (AvgIpc) is 2.84. The molecule has 0 aliphatic rings. The van der Waals surface area contributed by atoms with E-state index in [1.807, 2.05) is 36.4 Å². The van der Waals surface area contributed by atoms with Crippen molar-refractivity contribution < 1.29 is 19.1 Å². The summed E-state index contributed by atoms with van der Waals surface area (Å²) in [5.74, 6) is -0.736. The zero-order valence-corrected chi connectivity index (χ0v) is 19.0. The number of nitriles is 1. The second-order valence-electron chi connectivity index (χ2n) is 6.77. The SMILES string of the molecule is COc1cc(C=C(C#N)C(=O)NCc2ccccc2)ccc1OC(=O)c1ccc(Cl)c(Cl)c1. The zero-order chi connectivity index (χ0) is 23.8. The van der Waals surface area contributed by atoms with Crippen molar-refractivity contribution in [2.45, 2.75) is 6.54 Å². The topological polar surface area (TPSA) is 88.4 Å². The molecule has 3 rings (SSSR count). The quantitative estimate of drug-likeness (QED) is 0.210. The number of halogens is 2. The van der Waals surface area contributed by atoms with Crippen molar-refractivity contribution in [3.63, 3.8) is 0 Å². The van der Waals surface area contributed by atoms with Gasteiger partial charge in [-0.25, -0.2) is 4.79 Å². The van der Waals surface area contributed by atoms with Gasteiger partial charge in [0, 0.05) is 6.54 Å². The molecule has 0 aliphatic heterocycles. The monoisotopic (exact) mass is 480 g/mol. The van der Waals surface area contributed by atoms with Crippen molar-refractivity contribution in [2.75, 3.05) is 7.11 Å². The molecule has 0 bridgehead atoms. The van der Waals surface area contributed by atoms with Crippen LogP contribution in [0, 0.1) is 11.3 Å². The van der Waals surface area contributed by atoms with E-state index >= 15 is 0 Å². The Morgan fingerprint density at radius 1 is 1.00 bits per heavy atom. The van der Waals surface area contributed by atoms with Gasteiger partial charge in [0.25, 0.3) is 5.91 Å². The molecular formula is C25H18Cl2N2O4. The van der Waals surface area contributed by atoms with E-state index in [-0.39, 0.29) is 27.7 Å². The third-order valence-corrected chi connectivity index (χ3v) is 5.26. The summed E-state index contributed by atoms with van der Waals surface area (Å²) in [5, 5.41) is 12.7. The molecular weight excluding hydrogens is 463 g/mol. The number of hydrogen-bond acceptors (Lipinski definition) is 5. The first-order valence-corrected chi connectivity index (χ1v) is 10.5. The molecule has 0 saturated carbocycles. The van der Waals surface area contributed by atoms with Crippen molar-refractivity contribution in [1.29, 1.82) is 5.26 Å². The van der Waals surface area contributed by atoms with Crippen molar-refractivity contribution >= 4 is 41.2 Å². The summed E-state index contributed by atoms with van der Waals surface area (Å²) in [5.41, 5.74) is 1.58. The van der Waals surface area contributed by atoms with Gasteiger partial charge < -0.3 is 14.8 Å². The van der Waals surface area contributed by atoms with Gasteiger partial charge in [0.2, 0.25) is 0 Å². The number of ether oxygens (including phenoxy) is 2. The van der Waals surface area contributed by atoms with E-state index in [1.54, 1.807) is 12.1 Å². The largest absolute Gasteiger partial charge is 0.493 e. The van der Waals surface area contributed by atoms with Gasteiger partial charge >= 0.3 is 5.97 Å². The fraction of sp³-hybridized carbons (Fsp3) is 0.0800. The van der Waals surface area contributed by atoms with Gasteiger partial charge in [-0.2, -0.15) is 5.26 Å². The van der Waals surface area contributed by atoms with E-state index in [0.717, 1.165) is 5.56 Å². The summed E-state index contributed by atoms with van der Waals surface area (Å²) in [4.78, 5) is 24.9. The Morgan fingerprint density at radius 2 is 1.76 bits per heavy atom. The van der Waals surface area contributed by atoms with E-state index < -0.39 is 11.9 Å². The van der Waals surface area contributed by atoms with Crippen molar-refractivity contribution in [3.8, 4) is 17.6 Å². The lowest BCUT2D eigenvalue weighted by Gasteiger charge is -2.11. The maximum Gasteiger partial charge on any atom is 0.343 e. The molecule has 3 aromatic carbocycles. The zero-order valence-electron chi connectivity index (χ0n) is 17.5. The summed E-state index contributed by atoms with van der Waals surface area (Å²) in [7, 11) is 1.41. The van der Waals surface area contributed by atoms with Gasteiger partial charge in [0.05, 0.1) is 22.7 Å². The number of rotatable bonds is 7. The Balaban J connectivity index is 1.75. The van der Waals surface area contributed by atoms with Crippen LogP contribution in [0.3, 0.4) is 0 Å². The minimum atomic E-state index is -0.645. The maximum atomic E-state index is 12.4. The molecule has 33 heavy (non-hydrogen) atoms. The lowest BCUT2D eigenvalue weighted by molar-refractivity contribution is -0.117. The molecule has 8 heteroatoms. The van der Waals surface area contributed by atoms with Gasteiger partial charge in [-0.1, -0.05) is 59.6 Å². The van der Waals surface area contributed by atoms with Gasteiger partial charge in [-0.05, 0) is 47.5 Å². The van der Waals surface area contributed by atoms with Gasteiger partial charge in [0.1, 0.15) is 11.6 Å². The Hall–Kier alpha value is -3.79. The number of nitrogens with zero attached hydrogens (tertiary/aromatic N) is 1. The highest BCUT2D eigenvalue weighted by Gasteiger charge is 2.15. The molecule has 166 valence electrons. The number of hydrogen-bond donors (Lipinski definition) is 1. The third-order valence-electron chi connectivity index (χ3n) is 4.52. The highest BCUT2D eigenvalue weighted by atomic mass is 35.5. The van der Waals surface area contributed by atoms with Crippen molar-refractivity contribution in [1.82, 2.24) is 5.32 Å². The first-order valence-electron chi connectivity index (χ1n) is 9.70. The summed E-state index contributed by atoms with van der Waals surface area (Å²) in [6.07, 6.45) is 1.42. The third kappa shape index (κ3) is 6.36. The summed E-state index contributed by atoms with van der Waals surface area (Å²) < 4.78 is 10.7. The minimum Gasteiger partial charge on any atom is -0.493 e. The van der Waals surface area contributed by atoms with E-state index in [4.69, 9.17) is 32.7 Å². The lowest BCUT2D eigenvalue weighted by atomic mass is 10.1. The van der Waals surface area contributed by atoms with Gasteiger partial charge in [-0.15, -0.1) is 0 Å². The van der Waals surface area contributed by atoms with Crippen LogP contribution in [0.2, 0.25) is 10.0 Å². The van der Waals surface area contributed by atoms with Crippen LogP contribution in [0.15, 0.2) is 72.3 Å². The molecule has 3 aromatic rings. The first-order chi connectivity index (χ1) is 15.9. The molecule has 0 spiro atoms. The number of carbonyl (C=O) groups excluding carboxylic acids is 2. The van der Waals surface area contributed by atoms with Gasteiger partial charge in [0.15, 0.2) is 11.5 Å². The van der Waals surface area contributed by atoms with Gasteiger partial charge in [-0.3, -0.25) is 4.79 Å². The molecule has 0 fully saturated rings. The second-order valence-corrected chi connectivity index (χ2v) is 7.58. The van der Waals surface area contributed by atoms with Crippen LogP contribution < -0.4 is 14.8 Å². The van der Waals surface area contributed by atoms with E-state index in [0.29, 0.717) is 17.1 Å². The van der Waals surface area contributed by atoms with Crippen molar-refractivity contribution in [2.24, 2.45) is 0 Å². The van der Waals surface area contributed by atoms with Crippen LogP contribution in [0.4, 0.5) is 0 Å². The Labute approximate surface area is 201 Å². The number of esters is 1. The average molecular weight is 481 g/mol. The smallest absolute Gasteiger partial charge is 0.343 e. The highest BCUT2D eigenvalue weighted by molar-refractivity contribution is 6.42. The van der Waals surface area contributed by atoms with E-state index in [9.17, 15) is 14.9 Å². The molecule has 0 unspecified atom stereocenters. The predicted molar refractivity (Wildman–Crippen MR) is 126 cm³/mol. The summed E-state index contributed by atoms with van der Waals surface area (Å²) >= 11 is 11.8. The first kappa shape index (κ1) is 23.9. The molecule has 0 atom stereocenters. The van der Waals surface area contributed by atoms with Crippen LogP contribution in [-0.2, 0) is 11.3 Å². The predicted octanol–water partition coefficient (Wildman–Crippen LogP) is 5.44. The number of benzene rings is 3. The molecule has 0 aliphatic carbocycles. The molecule has 0 heterocycles. The Morgan fingerprint density at radius 3 is 2.42 bits per heavy atom. The van der Waals surface area contributed by atoms with Crippen LogP contribution in [0.1, 0.15) is 21.5 Å². The van der Waals surface area contributed by atoms with Crippen LogP contribution in [0.25, 0.3) is 6.08 Å². The number of nitrogens with one attached hydrogen (secondary N) is 1. The molecule has 0 radical (unpaired) electrons. The number of carbonyl (C=O) groups is 2. The normalized spacial score (nSPS) is 10.8. The van der Waals surface area contributed by atoms with Crippen LogP contribution in [0.5, 0.6) is 11.5 Å². The van der Waals surface area contributed by atoms with Crippen molar-refractivity contribution in [3.05, 3.63) is 99.0 Å². The Kier molecular flexibility index (Phi) is 8.09.